The lowest BCUT2D eigenvalue weighted by molar-refractivity contribution is -0.114. The number of fused-ring (bicyclic) bond motifs is 2. The molecule has 3 heterocycles. The van der Waals surface area contributed by atoms with Crippen LogP contribution in [0.1, 0.15) is 11.1 Å². The molecule has 1 aliphatic heterocycles. The van der Waals surface area contributed by atoms with Crippen molar-refractivity contribution in [2.75, 3.05) is 69.7 Å². The lowest BCUT2D eigenvalue weighted by atomic mass is 10.1. The van der Waals surface area contributed by atoms with Gasteiger partial charge in [-0.3, -0.25) is 14.2 Å². The number of carbonyl (C=O) groups excluding carboxylic acids is 1. The van der Waals surface area contributed by atoms with E-state index in [-0.39, 0.29) is 11.5 Å². The number of aryl methyl sites for hydroxylation is 1. The maximum Gasteiger partial charge on any atom is 0.280 e. The molecule has 0 radical (unpaired) electrons. The van der Waals surface area contributed by atoms with Crippen LogP contribution in [0.4, 0.5) is 23.0 Å². The van der Waals surface area contributed by atoms with Crippen LogP contribution < -0.4 is 34.9 Å². The number of likely N-dealkylation sites (N-methyl/N-ethyl adjacent to an activating group) is 1. The van der Waals surface area contributed by atoms with Gasteiger partial charge in [0.05, 0.1) is 31.3 Å². The third kappa shape index (κ3) is 6.83. The maximum absolute atomic E-state index is 14.7. The van der Waals surface area contributed by atoms with Crippen molar-refractivity contribution in [2.45, 2.75) is 13.5 Å². The third-order valence-electron chi connectivity index (χ3n) is 8.61. The summed E-state index contributed by atoms with van der Waals surface area (Å²) in [4.78, 5) is 42.7. The van der Waals surface area contributed by atoms with Crippen LogP contribution in [0.25, 0.3) is 16.7 Å². The van der Waals surface area contributed by atoms with E-state index in [2.05, 4.69) is 16.9 Å². The smallest absolute Gasteiger partial charge is 0.280 e. The Bertz CT molecular complexity index is 2100. The Hall–Kier alpha value is -5.88. The molecule has 12 heteroatoms. The minimum absolute atomic E-state index is 0.190. The summed E-state index contributed by atoms with van der Waals surface area (Å²) in [6.07, 6.45) is 3.03. The number of pyridine rings is 1. The van der Waals surface area contributed by atoms with Crippen molar-refractivity contribution >= 4 is 40.0 Å². The van der Waals surface area contributed by atoms with Gasteiger partial charge in [0.2, 0.25) is 5.95 Å². The van der Waals surface area contributed by atoms with Crippen LogP contribution in [-0.2, 0) is 11.3 Å². The molecule has 0 bridgehead atoms. The number of hydrogen-bond acceptors (Lipinski definition) is 10. The molecular formula is C38H41N7O5. The number of anilines is 4. The summed E-state index contributed by atoms with van der Waals surface area (Å²) in [6.45, 7) is 8.12. The van der Waals surface area contributed by atoms with Crippen LogP contribution in [0, 0.1) is 6.92 Å². The molecule has 0 fully saturated rings. The fourth-order valence-corrected chi connectivity index (χ4v) is 6.04. The summed E-state index contributed by atoms with van der Waals surface area (Å²) in [7, 11) is 7.20. The van der Waals surface area contributed by atoms with Crippen molar-refractivity contribution in [3.63, 3.8) is 0 Å². The van der Waals surface area contributed by atoms with E-state index in [9.17, 15) is 9.59 Å². The molecule has 12 nitrogen and oxygen atoms in total. The van der Waals surface area contributed by atoms with Crippen LogP contribution >= 0.6 is 0 Å². The number of rotatable bonds is 12. The molecule has 0 atom stereocenters. The molecule has 50 heavy (non-hydrogen) atoms. The predicted molar refractivity (Wildman–Crippen MR) is 197 cm³/mol. The summed E-state index contributed by atoms with van der Waals surface area (Å²) >= 11 is 0. The van der Waals surface area contributed by atoms with Crippen molar-refractivity contribution < 1.29 is 19.0 Å². The second-order valence-electron chi connectivity index (χ2n) is 12.1. The molecule has 0 aliphatic carbocycles. The molecule has 0 saturated heterocycles. The van der Waals surface area contributed by atoms with Crippen LogP contribution in [0.3, 0.4) is 0 Å². The van der Waals surface area contributed by atoms with Crippen molar-refractivity contribution in [1.82, 2.24) is 19.4 Å². The summed E-state index contributed by atoms with van der Waals surface area (Å²) in [6, 6.07) is 20.6. The third-order valence-corrected chi connectivity index (χ3v) is 8.61. The second-order valence-corrected chi connectivity index (χ2v) is 12.1. The Balaban J connectivity index is 1.44. The lowest BCUT2D eigenvalue weighted by Gasteiger charge is -2.38. The molecule has 6 rings (SSSR count). The van der Waals surface area contributed by atoms with E-state index in [4.69, 9.17) is 19.2 Å². The number of nitrogens with zero attached hydrogens (tertiary/aromatic N) is 6. The number of nitrogens with one attached hydrogen (secondary N) is 1. The average molecular weight is 676 g/mol. The van der Waals surface area contributed by atoms with Gasteiger partial charge in [-0.1, -0.05) is 18.7 Å². The topological polar surface area (TPSA) is 114 Å². The fourth-order valence-electron chi connectivity index (χ4n) is 6.04. The Labute approximate surface area is 291 Å². The van der Waals surface area contributed by atoms with Gasteiger partial charge in [-0.15, -0.1) is 0 Å². The number of ether oxygens (including phenoxy) is 3. The number of aromatic nitrogens is 3. The molecule has 1 N–H and O–H groups in total. The monoisotopic (exact) mass is 675 g/mol. The van der Waals surface area contributed by atoms with Gasteiger partial charge in [0.25, 0.3) is 11.5 Å². The number of benzene rings is 3. The maximum atomic E-state index is 14.7. The highest BCUT2D eigenvalue weighted by molar-refractivity contribution is 6.05. The zero-order valence-electron chi connectivity index (χ0n) is 29.0. The lowest BCUT2D eigenvalue weighted by Crippen LogP contribution is -2.43. The molecule has 0 spiro atoms. The summed E-state index contributed by atoms with van der Waals surface area (Å²) in [5.41, 5.74) is 4.53. The Morgan fingerprint density at radius 2 is 1.78 bits per heavy atom. The van der Waals surface area contributed by atoms with Crippen LogP contribution in [0.15, 0.2) is 90.4 Å². The van der Waals surface area contributed by atoms with E-state index in [1.807, 2.05) is 97.5 Å². The zero-order valence-corrected chi connectivity index (χ0v) is 29.0. The number of hydrogen-bond donors (Lipinski definition) is 1. The first kappa shape index (κ1) is 34.0. The normalized spacial score (nSPS) is 12.5. The van der Waals surface area contributed by atoms with E-state index < -0.39 is 0 Å². The van der Waals surface area contributed by atoms with Gasteiger partial charge in [-0.25, -0.2) is 4.98 Å². The Morgan fingerprint density at radius 3 is 2.50 bits per heavy atom. The van der Waals surface area contributed by atoms with E-state index >= 15 is 0 Å². The molecule has 2 aromatic heterocycles. The quantitative estimate of drug-likeness (QED) is 0.174. The molecular weight excluding hydrogens is 634 g/mol. The van der Waals surface area contributed by atoms with Crippen LogP contribution in [-0.4, -0.2) is 79.9 Å². The average Bonchev–Trinajstić information content (AvgIpc) is 3.13. The van der Waals surface area contributed by atoms with E-state index in [0.717, 1.165) is 29.0 Å². The minimum Gasteiger partial charge on any atom is -0.497 e. The van der Waals surface area contributed by atoms with E-state index in [0.29, 0.717) is 71.8 Å². The first-order chi connectivity index (χ1) is 24.2. The van der Waals surface area contributed by atoms with E-state index in [1.54, 1.807) is 29.9 Å². The first-order valence-corrected chi connectivity index (χ1v) is 16.3. The highest BCUT2D eigenvalue weighted by Crippen LogP contribution is 2.40. The summed E-state index contributed by atoms with van der Waals surface area (Å²) in [5, 5.41) is 3.95. The van der Waals surface area contributed by atoms with Gasteiger partial charge in [0, 0.05) is 49.4 Å². The molecule has 5 aromatic rings. The van der Waals surface area contributed by atoms with Crippen molar-refractivity contribution in [1.29, 1.82) is 0 Å². The van der Waals surface area contributed by atoms with Gasteiger partial charge in [0.15, 0.2) is 5.65 Å². The number of amides is 1. The van der Waals surface area contributed by atoms with Gasteiger partial charge >= 0.3 is 0 Å². The number of carbonyl (C=O) groups is 1. The minimum atomic E-state index is -0.267. The zero-order chi connectivity index (χ0) is 35.4. The second kappa shape index (κ2) is 14.7. The van der Waals surface area contributed by atoms with E-state index in [1.165, 1.54) is 6.08 Å². The first-order valence-electron chi connectivity index (χ1n) is 16.3. The van der Waals surface area contributed by atoms with Crippen molar-refractivity contribution in [3.8, 4) is 22.9 Å². The largest absolute Gasteiger partial charge is 0.497 e. The summed E-state index contributed by atoms with van der Waals surface area (Å²) in [5.74, 6) is 2.20. The number of methoxy groups -OCH3 is 2. The molecule has 0 unspecified atom stereocenters. The molecule has 3 aromatic carbocycles. The van der Waals surface area contributed by atoms with Crippen LogP contribution in [0.5, 0.6) is 17.2 Å². The molecule has 1 aliphatic rings. The molecule has 0 saturated carbocycles. The Morgan fingerprint density at radius 1 is 1.00 bits per heavy atom. The molecule has 1 amide bonds. The van der Waals surface area contributed by atoms with Gasteiger partial charge in [-0.2, -0.15) is 4.98 Å². The summed E-state index contributed by atoms with van der Waals surface area (Å²) < 4.78 is 18.4. The highest BCUT2D eigenvalue weighted by atomic mass is 16.5. The standard InChI is InChI=1S/C38H41N7O5/c1-7-34(46)44-18-17-43(31-10-8-9-25(2)35(31)44)32-21-27-24-40-38(39-23-26-11-14-30(48-5)22-33(26)49-6)41-36(27)45(37(32)47)28-12-15-29(16-13-28)50-20-19-42(3)4/h7-16,21-22,24H,1,17-20,23H2,2-6H3,(H,39,40,41). The number of para-hydroxylation sites is 1. The molecule has 258 valence electrons. The highest BCUT2D eigenvalue weighted by Gasteiger charge is 2.30. The predicted octanol–water partition coefficient (Wildman–Crippen LogP) is 5.33. The van der Waals surface area contributed by atoms with Crippen LogP contribution in [0.2, 0.25) is 0 Å². The SMILES string of the molecule is C=CC(=O)N1CCN(c2cc3cnc(NCc4ccc(OC)cc4OC)nc3n(-c3ccc(OCCN(C)C)cc3)c2=O)c2cccc(C)c21. The Kier molecular flexibility index (Phi) is 10.0. The van der Waals surface area contributed by atoms with Gasteiger partial charge < -0.3 is 34.2 Å². The van der Waals surface area contributed by atoms with Gasteiger partial charge in [0.1, 0.15) is 29.5 Å². The van der Waals surface area contributed by atoms with Crippen molar-refractivity contribution in [2.24, 2.45) is 0 Å². The van der Waals surface area contributed by atoms with Crippen molar-refractivity contribution in [3.05, 3.63) is 107 Å². The fraction of sp³-hybridized carbons (Fsp3) is 0.263. The van der Waals surface area contributed by atoms with Gasteiger partial charge in [-0.05, 0) is 81.2 Å².